The molecule has 0 spiro atoms. The molecule has 1 aliphatic heterocycles. The van der Waals surface area contributed by atoms with Crippen molar-refractivity contribution >= 4 is 34.2 Å². The van der Waals surface area contributed by atoms with Crippen molar-refractivity contribution in [2.24, 2.45) is 0 Å². The number of halogens is 4. The lowest BCUT2D eigenvalue weighted by Gasteiger charge is -2.40. The molecular weight excluding hydrogens is 428 g/mol. The van der Waals surface area contributed by atoms with Crippen LogP contribution >= 0.6 is 22.9 Å². The highest BCUT2D eigenvalue weighted by molar-refractivity contribution is 14.1. The van der Waals surface area contributed by atoms with E-state index in [2.05, 4.69) is 49.9 Å². The molecule has 0 bridgehead atoms. The molecule has 0 aliphatic carbocycles. The second-order valence-electron chi connectivity index (χ2n) is 5.81. The van der Waals surface area contributed by atoms with E-state index in [4.69, 9.17) is 0 Å². The number of hydrogen-bond donors (Lipinski definition) is 0. The van der Waals surface area contributed by atoms with Crippen LogP contribution in [0.2, 0.25) is 0 Å². The third-order valence-corrected chi connectivity index (χ3v) is 5.38. The van der Waals surface area contributed by atoms with Crippen LogP contribution < -0.4 is 8.01 Å². The first-order valence-corrected chi connectivity index (χ1v) is 8.84. The van der Waals surface area contributed by atoms with Crippen molar-refractivity contribution in [2.75, 3.05) is 21.1 Å². The predicted octanol–water partition coefficient (Wildman–Crippen LogP) is 5.83. The number of anilines is 2. The van der Waals surface area contributed by atoms with Gasteiger partial charge in [0, 0.05) is 13.1 Å². The van der Waals surface area contributed by atoms with Crippen LogP contribution in [0, 0.1) is 0 Å². The quantitative estimate of drug-likeness (QED) is 0.432. The summed E-state index contributed by atoms with van der Waals surface area (Å²) in [6.45, 7) is 3.80. The minimum absolute atomic E-state index is 0.0681. The van der Waals surface area contributed by atoms with Gasteiger partial charge in [0.15, 0.2) is 0 Å². The van der Waals surface area contributed by atoms with Crippen LogP contribution in [0.4, 0.5) is 24.5 Å². The Kier molecular flexibility index (Phi) is 4.94. The highest BCUT2D eigenvalue weighted by Gasteiger charge is 2.31. The summed E-state index contributed by atoms with van der Waals surface area (Å²) >= 11 is 2.30. The van der Waals surface area contributed by atoms with Gasteiger partial charge in [-0.3, -0.25) is 0 Å². The summed E-state index contributed by atoms with van der Waals surface area (Å²) in [5, 5.41) is 0. The maximum atomic E-state index is 12.8. The number of hydrogen-bond acceptors (Lipinski definition) is 2. The molecule has 1 aliphatic rings. The predicted molar refractivity (Wildman–Crippen MR) is 99.6 cm³/mol. The molecule has 1 heterocycles. The molecule has 2 aromatic carbocycles. The topological polar surface area (TPSA) is 6.48 Å². The summed E-state index contributed by atoms with van der Waals surface area (Å²) in [7, 11) is 0. The van der Waals surface area contributed by atoms with Crippen LogP contribution in [-0.4, -0.2) is 13.1 Å². The van der Waals surface area contributed by atoms with Gasteiger partial charge in [0.1, 0.15) is 0 Å². The third-order valence-electron chi connectivity index (χ3n) is 4.38. The van der Waals surface area contributed by atoms with E-state index >= 15 is 0 Å². The first kappa shape index (κ1) is 17.4. The number of para-hydroxylation sites is 2. The Morgan fingerprint density at radius 2 is 1.62 bits per heavy atom. The third kappa shape index (κ3) is 3.34. The number of nitrogens with zero attached hydrogens (tertiary/aromatic N) is 2. The first-order chi connectivity index (χ1) is 11.4. The van der Waals surface area contributed by atoms with Crippen molar-refractivity contribution < 1.29 is 13.2 Å². The van der Waals surface area contributed by atoms with Gasteiger partial charge in [-0.05, 0) is 36.2 Å². The fourth-order valence-electron chi connectivity index (χ4n) is 3.20. The van der Waals surface area contributed by atoms with Crippen LogP contribution in [0.25, 0.3) is 0 Å². The zero-order valence-corrected chi connectivity index (χ0v) is 15.4. The SMILES string of the molecule is CCC(c1ccc(C(F)(F)F)cc1)N1CCN(I)c2ccccc21. The Labute approximate surface area is 153 Å². The van der Waals surface area contributed by atoms with E-state index in [-0.39, 0.29) is 6.04 Å². The summed E-state index contributed by atoms with van der Waals surface area (Å²) in [4.78, 5) is 2.30. The fraction of sp³-hybridized carbons (Fsp3) is 0.333. The van der Waals surface area contributed by atoms with E-state index in [1.165, 1.54) is 12.1 Å². The first-order valence-electron chi connectivity index (χ1n) is 7.88. The molecule has 128 valence electrons. The van der Waals surface area contributed by atoms with E-state index in [1.807, 2.05) is 12.1 Å². The lowest BCUT2D eigenvalue weighted by Crippen LogP contribution is -2.39. The van der Waals surface area contributed by atoms with E-state index in [9.17, 15) is 13.2 Å². The van der Waals surface area contributed by atoms with Gasteiger partial charge in [-0.1, -0.05) is 31.2 Å². The highest BCUT2D eigenvalue weighted by atomic mass is 127. The van der Waals surface area contributed by atoms with Gasteiger partial charge in [-0.25, -0.2) is 0 Å². The molecule has 0 radical (unpaired) electrons. The van der Waals surface area contributed by atoms with Crippen LogP contribution in [0.5, 0.6) is 0 Å². The molecule has 24 heavy (non-hydrogen) atoms. The maximum Gasteiger partial charge on any atom is 0.416 e. The van der Waals surface area contributed by atoms with Gasteiger partial charge >= 0.3 is 6.18 Å². The molecule has 0 saturated heterocycles. The minimum atomic E-state index is -4.29. The lowest BCUT2D eigenvalue weighted by molar-refractivity contribution is -0.137. The molecule has 0 fully saturated rings. The second-order valence-corrected chi connectivity index (χ2v) is 6.98. The molecule has 2 nitrogen and oxygen atoms in total. The number of rotatable bonds is 3. The molecule has 0 saturated carbocycles. The van der Waals surface area contributed by atoms with Gasteiger partial charge in [-0.2, -0.15) is 13.2 Å². The van der Waals surface area contributed by atoms with Crippen molar-refractivity contribution in [3.05, 3.63) is 59.7 Å². The fourth-order valence-corrected chi connectivity index (χ4v) is 3.83. The molecule has 1 unspecified atom stereocenters. The van der Waals surface area contributed by atoms with Crippen LogP contribution in [-0.2, 0) is 6.18 Å². The zero-order valence-electron chi connectivity index (χ0n) is 13.2. The van der Waals surface area contributed by atoms with E-state index in [0.29, 0.717) is 0 Å². The second kappa shape index (κ2) is 6.82. The normalized spacial score (nSPS) is 16.0. The van der Waals surface area contributed by atoms with Gasteiger partial charge in [0.05, 0.1) is 45.8 Å². The van der Waals surface area contributed by atoms with Gasteiger partial charge in [0.2, 0.25) is 0 Å². The molecule has 6 heteroatoms. The lowest BCUT2D eigenvalue weighted by atomic mass is 9.99. The summed E-state index contributed by atoms with van der Waals surface area (Å²) < 4.78 is 40.5. The maximum absolute atomic E-state index is 12.8. The van der Waals surface area contributed by atoms with Crippen molar-refractivity contribution in [1.29, 1.82) is 0 Å². The van der Waals surface area contributed by atoms with Crippen LogP contribution in [0.15, 0.2) is 48.5 Å². The Hall–Kier alpha value is -1.44. The summed E-state index contributed by atoms with van der Waals surface area (Å²) in [5.41, 5.74) is 2.60. The number of fused-ring (bicyclic) bond motifs is 1. The average molecular weight is 446 g/mol. The van der Waals surface area contributed by atoms with Gasteiger partial charge < -0.3 is 8.01 Å². The Morgan fingerprint density at radius 3 is 2.21 bits per heavy atom. The van der Waals surface area contributed by atoms with Crippen molar-refractivity contribution in [3.63, 3.8) is 0 Å². The van der Waals surface area contributed by atoms with Crippen molar-refractivity contribution in [1.82, 2.24) is 0 Å². The molecule has 0 aromatic heterocycles. The monoisotopic (exact) mass is 446 g/mol. The molecule has 1 atom stereocenters. The smallest absolute Gasteiger partial charge is 0.361 e. The summed E-state index contributed by atoms with van der Waals surface area (Å²) in [5.74, 6) is 0. The molecule has 2 aromatic rings. The standard InChI is InChI=1S/C18H18F3IN2/c1-2-15(13-7-9-14(10-8-13)18(19,20)21)23-11-12-24(22)17-6-4-3-5-16(17)23/h3-10,15H,2,11-12H2,1H3. The highest BCUT2D eigenvalue weighted by Crippen LogP contribution is 2.40. The summed E-state index contributed by atoms with van der Waals surface area (Å²) in [6, 6.07) is 13.8. The Balaban J connectivity index is 1.94. The van der Waals surface area contributed by atoms with Gasteiger partial charge in [0.25, 0.3) is 0 Å². The number of alkyl halides is 3. The molecular formula is C18H18F3IN2. The average Bonchev–Trinajstić information content (AvgIpc) is 2.57. The zero-order chi connectivity index (χ0) is 17.3. The molecule has 0 amide bonds. The molecule has 3 rings (SSSR count). The Morgan fingerprint density at radius 1 is 1.00 bits per heavy atom. The van der Waals surface area contributed by atoms with Crippen LogP contribution in [0.3, 0.4) is 0 Å². The van der Waals surface area contributed by atoms with Gasteiger partial charge in [-0.15, -0.1) is 0 Å². The van der Waals surface area contributed by atoms with Crippen LogP contribution in [0.1, 0.15) is 30.5 Å². The van der Waals surface area contributed by atoms with E-state index < -0.39 is 11.7 Å². The largest absolute Gasteiger partial charge is 0.416 e. The van der Waals surface area contributed by atoms with E-state index in [1.54, 1.807) is 12.1 Å². The minimum Gasteiger partial charge on any atom is -0.361 e. The van der Waals surface area contributed by atoms with Crippen molar-refractivity contribution in [3.8, 4) is 0 Å². The summed E-state index contributed by atoms with van der Waals surface area (Å²) in [6.07, 6.45) is -3.46. The van der Waals surface area contributed by atoms with E-state index in [0.717, 1.165) is 36.4 Å². The molecule has 0 N–H and O–H groups in total. The Bertz CT molecular complexity index is 700. The number of benzene rings is 2. The van der Waals surface area contributed by atoms with Crippen molar-refractivity contribution in [2.45, 2.75) is 25.6 Å².